The number of carbonyl (C=O) groups is 1. The fourth-order valence-corrected chi connectivity index (χ4v) is 2.27. The normalized spacial score (nSPS) is 18.5. The molecule has 0 radical (unpaired) electrons. The van der Waals surface area contributed by atoms with Gasteiger partial charge in [-0.25, -0.2) is 4.79 Å². The maximum absolute atomic E-state index is 10.8. The molecule has 0 aromatic heterocycles. The molecule has 0 aliphatic carbocycles. The molecular formula is C13H18N2O3. The molecule has 3 N–H and O–H groups in total. The van der Waals surface area contributed by atoms with Crippen LogP contribution in [0.4, 0.5) is 0 Å². The number of carboxylic acids is 1. The zero-order valence-corrected chi connectivity index (χ0v) is 10.2. The van der Waals surface area contributed by atoms with E-state index >= 15 is 0 Å². The monoisotopic (exact) mass is 250 g/mol. The minimum Gasteiger partial charge on any atom is -0.478 e. The summed E-state index contributed by atoms with van der Waals surface area (Å²) in [5.41, 5.74) is 1.24. The highest BCUT2D eigenvalue weighted by Crippen LogP contribution is 2.21. The molecule has 1 saturated heterocycles. The van der Waals surface area contributed by atoms with E-state index in [4.69, 9.17) is 5.11 Å². The van der Waals surface area contributed by atoms with E-state index in [0.29, 0.717) is 0 Å². The van der Waals surface area contributed by atoms with Crippen LogP contribution >= 0.6 is 0 Å². The number of benzene rings is 1. The van der Waals surface area contributed by atoms with Crippen LogP contribution in [-0.2, 0) is 0 Å². The van der Waals surface area contributed by atoms with Crippen LogP contribution in [0, 0.1) is 0 Å². The molecule has 1 atom stereocenters. The Labute approximate surface area is 106 Å². The summed E-state index contributed by atoms with van der Waals surface area (Å²) >= 11 is 0. The number of carboxylic acid groups (broad SMARTS) is 1. The molecule has 5 nitrogen and oxygen atoms in total. The SMILES string of the molecule is O=C(O)c1ccc([C@H](CO)N2CCNCC2)cc1. The molecule has 18 heavy (non-hydrogen) atoms. The molecule has 0 amide bonds. The molecule has 1 aliphatic rings. The van der Waals surface area contributed by atoms with Gasteiger partial charge in [-0.2, -0.15) is 0 Å². The molecule has 0 saturated carbocycles. The third-order valence-electron chi connectivity index (χ3n) is 3.31. The maximum atomic E-state index is 10.8. The zero-order chi connectivity index (χ0) is 13.0. The summed E-state index contributed by atoms with van der Waals surface area (Å²) in [7, 11) is 0. The lowest BCUT2D eigenvalue weighted by Gasteiger charge is -2.34. The first-order valence-electron chi connectivity index (χ1n) is 6.11. The second-order valence-electron chi connectivity index (χ2n) is 4.41. The number of rotatable bonds is 4. The Morgan fingerprint density at radius 2 is 1.89 bits per heavy atom. The van der Waals surface area contributed by atoms with Crippen LogP contribution < -0.4 is 5.32 Å². The number of nitrogens with zero attached hydrogens (tertiary/aromatic N) is 1. The maximum Gasteiger partial charge on any atom is 0.335 e. The first kappa shape index (κ1) is 13.0. The van der Waals surface area contributed by atoms with Crippen molar-refractivity contribution in [3.05, 3.63) is 35.4 Å². The van der Waals surface area contributed by atoms with E-state index < -0.39 is 5.97 Å². The molecule has 1 aliphatic heterocycles. The van der Waals surface area contributed by atoms with E-state index in [9.17, 15) is 9.90 Å². The number of hydrogen-bond acceptors (Lipinski definition) is 4. The molecule has 0 bridgehead atoms. The topological polar surface area (TPSA) is 72.8 Å². The van der Waals surface area contributed by atoms with E-state index in [-0.39, 0.29) is 18.2 Å². The van der Waals surface area contributed by atoms with Crippen molar-refractivity contribution < 1.29 is 15.0 Å². The van der Waals surface area contributed by atoms with Crippen molar-refractivity contribution in [3.63, 3.8) is 0 Å². The van der Waals surface area contributed by atoms with Crippen molar-refractivity contribution in [3.8, 4) is 0 Å². The van der Waals surface area contributed by atoms with Crippen LogP contribution in [0.25, 0.3) is 0 Å². The molecule has 1 heterocycles. The lowest BCUT2D eigenvalue weighted by Crippen LogP contribution is -2.46. The summed E-state index contributed by atoms with van der Waals surface area (Å²) < 4.78 is 0. The molecule has 0 spiro atoms. The molecule has 1 aromatic carbocycles. The predicted octanol–water partition coefficient (Wildman–Crippen LogP) is 0.323. The van der Waals surface area contributed by atoms with E-state index in [2.05, 4.69) is 10.2 Å². The van der Waals surface area contributed by atoms with Gasteiger partial charge >= 0.3 is 5.97 Å². The Morgan fingerprint density at radius 3 is 2.39 bits per heavy atom. The summed E-state index contributed by atoms with van der Waals surface area (Å²) in [6.45, 7) is 3.68. The van der Waals surface area contributed by atoms with Crippen molar-refractivity contribution in [2.75, 3.05) is 32.8 Å². The van der Waals surface area contributed by atoms with Gasteiger partial charge in [0.25, 0.3) is 0 Å². The first-order chi connectivity index (χ1) is 8.72. The minimum atomic E-state index is -0.927. The highest BCUT2D eigenvalue weighted by Gasteiger charge is 2.21. The van der Waals surface area contributed by atoms with Gasteiger partial charge in [0.2, 0.25) is 0 Å². The van der Waals surface area contributed by atoms with Gasteiger partial charge in [-0.15, -0.1) is 0 Å². The van der Waals surface area contributed by atoms with E-state index in [0.717, 1.165) is 31.7 Å². The van der Waals surface area contributed by atoms with Crippen LogP contribution in [0.15, 0.2) is 24.3 Å². The Balaban J connectivity index is 2.13. The fourth-order valence-electron chi connectivity index (χ4n) is 2.27. The molecule has 1 fully saturated rings. The Kier molecular flexibility index (Phi) is 4.30. The van der Waals surface area contributed by atoms with Gasteiger partial charge < -0.3 is 15.5 Å². The Hall–Kier alpha value is -1.43. The van der Waals surface area contributed by atoms with Crippen molar-refractivity contribution in [2.24, 2.45) is 0 Å². The highest BCUT2D eigenvalue weighted by molar-refractivity contribution is 5.87. The first-order valence-corrected chi connectivity index (χ1v) is 6.11. The average Bonchev–Trinajstić information content (AvgIpc) is 2.41. The lowest BCUT2D eigenvalue weighted by molar-refractivity contribution is 0.0697. The van der Waals surface area contributed by atoms with Gasteiger partial charge in [0.05, 0.1) is 18.2 Å². The van der Waals surface area contributed by atoms with Gasteiger partial charge in [-0.05, 0) is 17.7 Å². The molecule has 0 unspecified atom stereocenters. The third-order valence-corrected chi connectivity index (χ3v) is 3.31. The van der Waals surface area contributed by atoms with Crippen molar-refractivity contribution in [2.45, 2.75) is 6.04 Å². The summed E-state index contributed by atoms with van der Waals surface area (Å²) in [5, 5.41) is 21.7. The second-order valence-corrected chi connectivity index (χ2v) is 4.41. The van der Waals surface area contributed by atoms with Crippen LogP contribution in [0.3, 0.4) is 0 Å². The number of aliphatic hydroxyl groups excluding tert-OH is 1. The zero-order valence-electron chi connectivity index (χ0n) is 10.2. The summed E-state index contributed by atoms with van der Waals surface area (Å²) in [5.74, 6) is -0.927. The Bertz CT molecular complexity index is 399. The Morgan fingerprint density at radius 1 is 1.28 bits per heavy atom. The molecule has 2 rings (SSSR count). The number of nitrogens with one attached hydrogen (secondary N) is 1. The number of piperazine rings is 1. The molecular weight excluding hydrogens is 232 g/mol. The van der Waals surface area contributed by atoms with Gasteiger partial charge in [0, 0.05) is 26.2 Å². The standard InChI is InChI=1S/C13H18N2O3/c16-9-12(15-7-5-14-6-8-15)10-1-3-11(4-2-10)13(17)18/h1-4,12,14,16H,5-9H2,(H,17,18)/t12-/m0/s1. The van der Waals surface area contributed by atoms with Gasteiger partial charge in [-0.3, -0.25) is 4.90 Å². The van der Waals surface area contributed by atoms with E-state index in [1.165, 1.54) is 0 Å². The summed E-state index contributed by atoms with van der Waals surface area (Å²) in [4.78, 5) is 13.0. The minimum absolute atomic E-state index is 0.0463. The number of hydrogen-bond donors (Lipinski definition) is 3. The van der Waals surface area contributed by atoms with Crippen LogP contribution in [0.5, 0.6) is 0 Å². The van der Waals surface area contributed by atoms with Crippen molar-refractivity contribution in [1.82, 2.24) is 10.2 Å². The van der Waals surface area contributed by atoms with Gasteiger partial charge in [-0.1, -0.05) is 12.1 Å². The van der Waals surface area contributed by atoms with Gasteiger partial charge in [0.15, 0.2) is 0 Å². The largest absolute Gasteiger partial charge is 0.478 e. The lowest BCUT2D eigenvalue weighted by atomic mass is 10.0. The predicted molar refractivity (Wildman–Crippen MR) is 67.7 cm³/mol. The van der Waals surface area contributed by atoms with Crippen LogP contribution in [0.1, 0.15) is 22.0 Å². The summed E-state index contributed by atoms with van der Waals surface area (Å²) in [6.07, 6.45) is 0. The van der Waals surface area contributed by atoms with Crippen LogP contribution in [0.2, 0.25) is 0 Å². The smallest absolute Gasteiger partial charge is 0.335 e. The highest BCUT2D eigenvalue weighted by atomic mass is 16.4. The van der Waals surface area contributed by atoms with E-state index in [1.807, 2.05) is 0 Å². The van der Waals surface area contributed by atoms with Crippen LogP contribution in [-0.4, -0.2) is 53.9 Å². The quantitative estimate of drug-likeness (QED) is 0.718. The van der Waals surface area contributed by atoms with Crippen molar-refractivity contribution >= 4 is 5.97 Å². The average molecular weight is 250 g/mol. The fraction of sp³-hybridized carbons (Fsp3) is 0.462. The number of aliphatic hydroxyl groups is 1. The molecule has 1 aromatic rings. The third kappa shape index (κ3) is 2.87. The molecule has 5 heteroatoms. The summed E-state index contributed by atoms with van der Waals surface area (Å²) in [6, 6.07) is 6.69. The van der Waals surface area contributed by atoms with E-state index in [1.54, 1.807) is 24.3 Å². The van der Waals surface area contributed by atoms with Gasteiger partial charge in [0.1, 0.15) is 0 Å². The second kappa shape index (κ2) is 5.95. The number of aromatic carboxylic acids is 1. The van der Waals surface area contributed by atoms with Crippen molar-refractivity contribution in [1.29, 1.82) is 0 Å². The molecule has 98 valence electrons.